The number of aliphatic imine (C=N–C) groups is 1. The van der Waals surface area contributed by atoms with Crippen LogP contribution < -0.4 is 10.6 Å². The Balaban J connectivity index is 0.00000385. The van der Waals surface area contributed by atoms with Crippen LogP contribution in [0.1, 0.15) is 34.3 Å². The van der Waals surface area contributed by atoms with E-state index in [2.05, 4.69) is 50.9 Å². The number of likely N-dealkylation sites (N-methyl/N-ethyl adjacent to an activating group) is 1. The average molecular weight is 562 g/mol. The van der Waals surface area contributed by atoms with Gasteiger partial charge in [-0.05, 0) is 50.2 Å². The number of carbonyl (C=O) groups excluding carboxylic acids is 1. The van der Waals surface area contributed by atoms with Gasteiger partial charge in [0.15, 0.2) is 5.96 Å². The van der Waals surface area contributed by atoms with Crippen molar-refractivity contribution in [2.75, 3.05) is 47.3 Å². The van der Waals surface area contributed by atoms with Crippen molar-refractivity contribution in [1.29, 1.82) is 0 Å². The molecule has 1 fully saturated rings. The van der Waals surface area contributed by atoms with Gasteiger partial charge in [0.05, 0.1) is 0 Å². The lowest BCUT2D eigenvalue weighted by atomic mass is 10.0. The van der Waals surface area contributed by atoms with Crippen LogP contribution in [0.25, 0.3) is 6.08 Å². The van der Waals surface area contributed by atoms with Crippen molar-refractivity contribution in [3.63, 3.8) is 0 Å². The molecule has 0 aliphatic carbocycles. The van der Waals surface area contributed by atoms with Gasteiger partial charge in [-0.1, -0.05) is 54.1 Å². The molecule has 0 bridgehead atoms. The van der Waals surface area contributed by atoms with E-state index in [1.807, 2.05) is 56.4 Å². The number of halogens is 1. The molecule has 1 heterocycles. The fraction of sp³-hybridized carbons (Fsp3) is 0.385. The summed E-state index contributed by atoms with van der Waals surface area (Å²) in [5.74, 6) is 0.872. The Morgan fingerprint density at radius 2 is 1.79 bits per heavy atom. The number of benzene rings is 2. The number of hydrogen-bond donors (Lipinski definition) is 2. The van der Waals surface area contributed by atoms with Gasteiger partial charge in [-0.3, -0.25) is 9.79 Å². The first-order chi connectivity index (χ1) is 15.5. The molecule has 1 aliphatic heterocycles. The summed E-state index contributed by atoms with van der Waals surface area (Å²) >= 11 is 0. The highest BCUT2D eigenvalue weighted by atomic mass is 127. The van der Waals surface area contributed by atoms with Crippen LogP contribution in [0.3, 0.4) is 0 Å². The van der Waals surface area contributed by atoms with Crippen LogP contribution in [0.5, 0.6) is 0 Å². The van der Waals surface area contributed by atoms with Crippen LogP contribution in [-0.2, 0) is 6.54 Å². The van der Waals surface area contributed by atoms with Gasteiger partial charge in [-0.25, -0.2) is 0 Å². The zero-order valence-corrected chi connectivity index (χ0v) is 22.2. The minimum Gasteiger partial charge on any atom is -0.352 e. The summed E-state index contributed by atoms with van der Waals surface area (Å²) in [4.78, 5) is 21.2. The van der Waals surface area contributed by atoms with Gasteiger partial charge >= 0.3 is 0 Å². The van der Waals surface area contributed by atoms with E-state index in [9.17, 15) is 4.79 Å². The Labute approximate surface area is 215 Å². The molecular formula is C26H36IN5O. The molecule has 1 saturated heterocycles. The molecule has 178 valence electrons. The Morgan fingerprint density at radius 1 is 1.06 bits per heavy atom. The van der Waals surface area contributed by atoms with E-state index >= 15 is 0 Å². The molecule has 1 aliphatic rings. The van der Waals surface area contributed by atoms with Crippen molar-refractivity contribution in [3.8, 4) is 0 Å². The van der Waals surface area contributed by atoms with E-state index in [4.69, 9.17) is 0 Å². The van der Waals surface area contributed by atoms with Crippen molar-refractivity contribution >= 4 is 41.9 Å². The monoisotopic (exact) mass is 561 g/mol. The number of carbonyl (C=O) groups is 1. The van der Waals surface area contributed by atoms with Gasteiger partial charge in [-0.2, -0.15) is 0 Å². The summed E-state index contributed by atoms with van der Waals surface area (Å²) in [6.45, 7) is 3.99. The van der Waals surface area contributed by atoms with Gasteiger partial charge in [0.2, 0.25) is 0 Å². The van der Waals surface area contributed by atoms with Crippen LogP contribution in [-0.4, -0.2) is 69.0 Å². The lowest BCUT2D eigenvalue weighted by Crippen LogP contribution is -2.44. The molecule has 2 aromatic rings. The highest BCUT2D eigenvalue weighted by molar-refractivity contribution is 14.0. The summed E-state index contributed by atoms with van der Waals surface area (Å²) in [5.41, 5.74) is 4.50. The molecule has 6 nitrogen and oxygen atoms in total. The maximum absolute atomic E-state index is 12.4. The second-order valence-corrected chi connectivity index (χ2v) is 8.36. The molecule has 0 radical (unpaired) electrons. The van der Waals surface area contributed by atoms with Crippen molar-refractivity contribution in [1.82, 2.24) is 20.4 Å². The van der Waals surface area contributed by atoms with Crippen LogP contribution in [0.15, 0.2) is 65.2 Å². The van der Waals surface area contributed by atoms with Crippen molar-refractivity contribution < 1.29 is 4.79 Å². The maximum Gasteiger partial charge on any atom is 0.251 e. The highest BCUT2D eigenvalue weighted by Crippen LogP contribution is 2.19. The Morgan fingerprint density at radius 3 is 2.45 bits per heavy atom. The number of nitrogens with one attached hydrogen (secondary N) is 2. The summed E-state index contributed by atoms with van der Waals surface area (Å²) in [7, 11) is 5.81. The third-order valence-corrected chi connectivity index (χ3v) is 5.57. The minimum atomic E-state index is -0.0353. The maximum atomic E-state index is 12.4. The fourth-order valence-electron chi connectivity index (χ4n) is 3.77. The largest absolute Gasteiger partial charge is 0.352 e. The number of nitrogens with zero attached hydrogens (tertiary/aromatic N) is 3. The first-order valence-corrected chi connectivity index (χ1v) is 11.3. The van der Waals surface area contributed by atoms with Crippen molar-refractivity contribution in [2.24, 2.45) is 4.99 Å². The molecule has 7 heteroatoms. The summed E-state index contributed by atoms with van der Waals surface area (Å²) in [6.07, 6.45) is 4.39. The first-order valence-electron chi connectivity index (χ1n) is 11.3. The molecule has 1 amide bonds. The second kappa shape index (κ2) is 14.0. The number of likely N-dealkylation sites (tertiary alicyclic amines) is 1. The number of piperidine rings is 1. The van der Waals surface area contributed by atoms with Gasteiger partial charge in [-0.15, -0.1) is 24.0 Å². The molecule has 3 rings (SSSR count). The lowest BCUT2D eigenvalue weighted by molar-refractivity contribution is 0.0951. The fourth-order valence-corrected chi connectivity index (χ4v) is 3.77. The number of rotatable bonds is 7. The first kappa shape index (κ1) is 26.9. The summed E-state index contributed by atoms with van der Waals surface area (Å²) < 4.78 is 0. The number of amides is 1. The van der Waals surface area contributed by atoms with Crippen LogP contribution >= 0.6 is 24.0 Å². The Bertz CT molecular complexity index is 933. The van der Waals surface area contributed by atoms with E-state index in [0.717, 1.165) is 44.0 Å². The van der Waals surface area contributed by atoms with E-state index < -0.39 is 0 Å². The molecule has 0 spiro atoms. The van der Waals surface area contributed by atoms with Gasteiger partial charge in [0.25, 0.3) is 5.91 Å². The number of guanidine groups is 1. The van der Waals surface area contributed by atoms with E-state index in [1.165, 1.54) is 11.1 Å². The standard InChI is InChI=1S/C26H35N5O.HI/c1-27-26(31-15-12-22(13-16-31)18-21-8-5-4-6-9-21)29-20-23-10-7-11-24(19-23)25(32)28-14-17-30(2)3;/h4-11,18-19H,12-17,20H2,1-3H3,(H,27,29)(H,28,32);1H. The van der Waals surface area contributed by atoms with Crippen LogP contribution in [0.2, 0.25) is 0 Å². The number of hydrogen-bond acceptors (Lipinski definition) is 3. The molecule has 33 heavy (non-hydrogen) atoms. The normalized spacial score (nSPS) is 14.0. The van der Waals surface area contributed by atoms with E-state index in [0.29, 0.717) is 18.7 Å². The zero-order chi connectivity index (χ0) is 22.8. The average Bonchev–Trinajstić information content (AvgIpc) is 2.81. The molecule has 0 atom stereocenters. The van der Waals surface area contributed by atoms with Crippen molar-refractivity contribution in [3.05, 3.63) is 76.9 Å². The third-order valence-electron chi connectivity index (χ3n) is 5.57. The van der Waals surface area contributed by atoms with E-state index in [1.54, 1.807) is 0 Å². The van der Waals surface area contributed by atoms with Gasteiger partial charge in [0.1, 0.15) is 0 Å². The smallest absolute Gasteiger partial charge is 0.251 e. The lowest BCUT2D eigenvalue weighted by Gasteiger charge is -2.31. The third kappa shape index (κ3) is 8.81. The van der Waals surface area contributed by atoms with E-state index in [-0.39, 0.29) is 29.9 Å². The molecule has 0 aromatic heterocycles. The topological polar surface area (TPSA) is 60.0 Å². The second-order valence-electron chi connectivity index (χ2n) is 8.36. The highest BCUT2D eigenvalue weighted by Gasteiger charge is 2.17. The van der Waals surface area contributed by atoms with Gasteiger partial charge in [0, 0.05) is 45.3 Å². The van der Waals surface area contributed by atoms with Crippen LogP contribution in [0.4, 0.5) is 0 Å². The Kier molecular flexibility index (Phi) is 11.4. The quantitative estimate of drug-likeness (QED) is 0.307. The summed E-state index contributed by atoms with van der Waals surface area (Å²) in [5, 5.41) is 6.43. The van der Waals surface area contributed by atoms with Crippen molar-refractivity contribution in [2.45, 2.75) is 19.4 Å². The molecular weight excluding hydrogens is 525 g/mol. The Hall–Kier alpha value is -2.39. The molecule has 0 saturated carbocycles. The zero-order valence-electron chi connectivity index (χ0n) is 19.9. The van der Waals surface area contributed by atoms with Gasteiger partial charge < -0.3 is 20.4 Å². The SMILES string of the molecule is CN=C(NCc1cccc(C(=O)NCCN(C)C)c1)N1CCC(=Cc2ccccc2)CC1.I. The predicted molar refractivity (Wildman–Crippen MR) is 148 cm³/mol. The predicted octanol–water partition coefficient (Wildman–Crippen LogP) is 3.85. The minimum absolute atomic E-state index is 0. The molecule has 2 N–H and O–H groups in total. The molecule has 2 aromatic carbocycles. The molecule has 0 unspecified atom stereocenters. The van der Waals surface area contributed by atoms with Crippen LogP contribution in [0, 0.1) is 0 Å². The summed E-state index contributed by atoms with van der Waals surface area (Å²) in [6, 6.07) is 18.3.